The van der Waals surface area contributed by atoms with E-state index < -0.39 is 0 Å². The summed E-state index contributed by atoms with van der Waals surface area (Å²) in [5.41, 5.74) is 11.1. The lowest BCUT2D eigenvalue weighted by molar-refractivity contribution is 1.14. The fourth-order valence-corrected chi connectivity index (χ4v) is 1.93. The summed E-state index contributed by atoms with van der Waals surface area (Å²) in [6.07, 6.45) is 0. The summed E-state index contributed by atoms with van der Waals surface area (Å²) < 4.78 is 0. The zero-order valence-corrected chi connectivity index (χ0v) is 11.4. The smallest absolute Gasteiger partial charge is 0.0580 e. The Kier molecular flexibility index (Phi) is 3.78. The Morgan fingerprint density at radius 3 is 2.44 bits per heavy atom. The summed E-state index contributed by atoms with van der Waals surface area (Å²) in [6, 6.07) is 12.2. The fourth-order valence-electron chi connectivity index (χ4n) is 1.75. The third-order valence-corrected chi connectivity index (χ3v) is 3.34. The lowest BCUT2D eigenvalue weighted by Crippen LogP contribution is -2.03. The maximum atomic E-state index is 6.01. The molecular formula is C15H17ClN2. The van der Waals surface area contributed by atoms with Crippen LogP contribution in [0.2, 0.25) is 5.02 Å². The van der Waals surface area contributed by atoms with Crippen LogP contribution in [0.4, 0.5) is 11.4 Å². The lowest BCUT2D eigenvalue weighted by atomic mass is 10.1. The first-order valence-corrected chi connectivity index (χ1v) is 6.29. The highest BCUT2D eigenvalue weighted by Gasteiger charge is 2.03. The second-order valence-electron chi connectivity index (χ2n) is 4.53. The Bertz CT molecular complexity index is 547. The molecule has 0 aromatic heterocycles. The summed E-state index contributed by atoms with van der Waals surface area (Å²) in [5.74, 6) is 0. The molecule has 94 valence electrons. The van der Waals surface area contributed by atoms with Crippen molar-refractivity contribution in [3.05, 3.63) is 58.1 Å². The number of anilines is 2. The van der Waals surface area contributed by atoms with Gasteiger partial charge in [-0.05, 0) is 37.1 Å². The lowest BCUT2D eigenvalue weighted by Gasteiger charge is -2.11. The first kappa shape index (κ1) is 12.8. The monoisotopic (exact) mass is 260 g/mol. The third kappa shape index (κ3) is 2.96. The van der Waals surface area contributed by atoms with Crippen molar-refractivity contribution in [1.29, 1.82) is 0 Å². The second-order valence-corrected chi connectivity index (χ2v) is 4.93. The van der Waals surface area contributed by atoms with Crippen LogP contribution in [0.25, 0.3) is 0 Å². The van der Waals surface area contributed by atoms with Crippen molar-refractivity contribution in [3.63, 3.8) is 0 Å². The molecule has 0 bridgehead atoms. The summed E-state index contributed by atoms with van der Waals surface area (Å²) in [6.45, 7) is 4.81. The molecule has 2 rings (SSSR count). The molecule has 0 spiro atoms. The van der Waals surface area contributed by atoms with Crippen LogP contribution in [0.5, 0.6) is 0 Å². The van der Waals surface area contributed by atoms with Crippen LogP contribution in [-0.4, -0.2) is 0 Å². The van der Waals surface area contributed by atoms with E-state index in [-0.39, 0.29) is 0 Å². The number of benzene rings is 2. The van der Waals surface area contributed by atoms with Crippen LogP contribution in [0.3, 0.4) is 0 Å². The zero-order valence-electron chi connectivity index (χ0n) is 10.6. The molecule has 0 aliphatic rings. The van der Waals surface area contributed by atoms with E-state index in [9.17, 15) is 0 Å². The van der Waals surface area contributed by atoms with Crippen molar-refractivity contribution < 1.29 is 0 Å². The van der Waals surface area contributed by atoms with E-state index >= 15 is 0 Å². The molecule has 0 heterocycles. The van der Waals surface area contributed by atoms with Crippen LogP contribution in [0, 0.1) is 13.8 Å². The highest BCUT2D eigenvalue weighted by molar-refractivity contribution is 6.31. The summed E-state index contributed by atoms with van der Waals surface area (Å²) >= 11 is 6.01. The minimum atomic E-state index is 0.678. The number of nitrogens with two attached hydrogens (primary N) is 1. The second kappa shape index (κ2) is 5.32. The SMILES string of the molecule is Cc1ccc(CNc2cc(C)c(Cl)cc2N)cc1. The number of aryl methyl sites for hydroxylation is 2. The summed E-state index contributed by atoms with van der Waals surface area (Å²) in [7, 11) is 0. The zero-order chi connectivity index (χ0) is 13.1. The normalized spacial score (nSPS) is 10.4. The molecule has 2 aromatic carbocycles. The summed E-state index contributed by atoms with van der Waals surface area (Å²) in [4.78, 5) is 0. The maximum Gasteiger partial charge on any atom is 0.0580 e. The molecule has 0 unspecified atom stereocenters. The average Bonchev–Trinajstić information content (AvgIpc) is 2.34. The molecule has 18 heavy (non-hydrogen) atoms. The van der Waals surface area contributed by atoms with Gasteiger partial charge in [-0.25, -0.2) is 0 Å². The fraction of sp³-hybridized carbons (Fsp3) is 0.200. The number of rotatable bonds is 3. The highest BCUT2D eigenvalue weighted by Crippen LogP contribution is 2.27. The minimum absolute atomic E-state index is 0.678. The molecule has 0 atom stereocenters. The van der Waals surface area contributed by atoms with Crippen LogP contribution in [0.15, 0.2) is 36.4 Å². The molecule has 0 aliphatic heterocycles. The van der Waals surface area contributed by atoms with E-state index in [1.54, 1.807) is 6.07 Å². The number of nitrogen functional groups attached to an aromatic ring is 1. The van der Waals surface area contributed by atoms with Gasteiger partial charge >= 0.3 is 0 Å². The highest BCUT2D eigenvalue weighted by atomic mass is 35.5. The summed E-state index contributed by atoms with van der Waals surface area (Å²) in [5, 5.41) is 4.04. The van der Waals surface area contributed by atoms with Crippen molar-refractivity contribution >= 4 is 23.0 Å². The van der Waals surface area contributed by atoms with Crippen molar-refractivity contribution in [3.8, 4) is 0 Å². The van der Waals surface area contributed by atoms with Crippen molar-refractivity contribution in [2.24, 2.45) is 0 Å². The molecule has 2 aromatic rings. The number of hydrogen-bond donors (Lipinski definition) is 2. The van der Waals surface area contributed by atoms with Gasteiger partial charge in [-0.1, -0.05) is 41.4 Å². The largest absolute Gasteiger partial charge is 0.397 e. The maximum absolute atomic E-state index is 6.01. The van der Waals surface area contributed by atoms with Crippen LogP contribution in [0.1, 0.15) is 16.7 Å². The molecule has 0 saturated carbocycles. The standard InChI is InChI=1S/C15H17ClN2/c1-10-3-5-12(6-4-10)9-18-15-7-11(2)13(16)8-14(15)17/h3-8,18H,9,17H2,1-2H3. The van der Waals surface area contributed by atoms with E-state index in [0.717, 1.165) is 17.8 Å². The van der Waals surface area contributed by atoms with Gasteiger partial charge in [0, 0.05) is 11.6 Å². The third-order valence-electron chi connectivity index (χ3n) is 2.93. The first-order valence-electron chi connectivity index (χ1n) is 5.91. The molecule has 0 radical (unpaired) electrons. The number of halogens is 1. The van der Waals surface area contributed by atoms with Crippen molar-refractivity contribution in [2.45, 2.75) is 20.4 Å². The van der Waals surface area contributed by atoms with Gasteiger partial charge in [0.15, 0.2) is 0 Å². The van der Waals surface area contributed by atoms with Gasteiger partial charge in [-0.15, -0.1) is 0 Å². The van der Waals surface area contributed by atoms with Crippen LogP contribution < -0.4 is 11.1 Å². The average molecular weight is 261 g/mol. The van der Waals surface area contributed by atoms with E-state index in [0.29, 0.717) is 10.7 Å². The minimum Gasteiger partial charge on any atom is -0.397 e. The van der Waals surface area contributed by atoms with Gasteiger partial charge in [0.25, 0.3) is 0 Å². The van der Waals surface area contributed by atoms with E-state index in [2.05, 4.69) is 36.5 Å². The van der Waals surface area contributed by atoms with Gasteiger partial charge in [0.2, 0.25) is 0 Å². The van der Waals surface area contributed by atoms with Gasteiger partial charge < -0.3 is 11.1 Å². The number of hydrogen-bond acceptors (Lipinski definition) is 2. The van der Waals surface area contributed by atoms with E-state index in [1.807, 2.05) is 13.0 Å². The van der Waals surface area contributed by atoms with Crippen LogP contribution in [-0.2, 0) is 6.54 Å². The first-order chi connectivity index (χ1) is 8.56. The van der Waals surface area contributed by atoms with Crippen molar-refractivity contribution in [1.82, 2.24) is 0 Å². The Morgan fingerprint density at radius 1 is 1.11 bits per heavy atom. The van der Waals surface area contributed by atoms with Gasteiger partial charge in [-0.2, -0.15) is 0 Å². The molecular weight excluding hydrogens is 244 g/mol. The van der Waals surface area contributed by atoms with Gasteiger partial charge in [-0.3, -0.25) is 0 Å². The Hall–Kier alpha value is -1.67. The molecule has 0 saturated heterocycles. The molecule has 0 fully saturated rings. The van der Waals surface area contributed by atoms with Crippen LogP contribution >= 0.6 is 11.6 Å². The Balaban J connectivity index is 2.10. The predicted octanol–water partition coefficient (Wildman–Crippen LogP) is 4.15. The molecule has 0 amide bonds. The Morgan fingerprint density at radius 2 is 1.78 bits per heavy atom. The molecule has 2 nitrogen and oxygen atoms in total. The molecule has 0 aliphatic carbocycles. The quantitative estimate of drug-likeness (QED) is 0.814. The van der Waals surface area contributed by atoms with E-state index in [4.69, 9.17) is 17.3 Å². The predicted molar refractivity (Wildman–Crippen MR) is 79.1 cm³/mol. The van der Waals surface area contributed by atoms with Crippen molar-refractivity contribution in [2.75, 3.05) is 11.1 Å². The van der Waals surface area contributed by atoms with E-state index in [1.165, 1.54) is 11.1 Å². The Labute approximate surface area is 113 Å². The van der Waals surface area contributed by atoms with Gasteiger partial charge in [0.1, 0.15) is 0 Å². The topological polar surface area (TPSA) is 38.0 Å². The number of nitrogens with one attached hydrogen (secondary N) is 1. The molecule has 3 N–H and O–H groups in total. The molecule has 3 heteroatoms. The van der Waals surface area contributed by atoms with Gasteiger partial charge in [0.05, 0.1) is 11.4 Å².